The number of hydrogen-bond acceptors (Lipinski definition) is 5. The van der Waals surface area contributed by atoms with E-state index in [1.54, 1.807) is 0 Å². The summed E-state index contributed by atoms with van der Waals surface area (Å²) in [4.78, 5) is 19.5. The largest absolute Gasteiger partial charge is 0.303 e. The zero-order valence-corrected chi connectivity index (χ0v) is 8.06. The van der Waals surface area contributed by atoms with Crippen LogP contribution in [-0.2, 0) is 19.3 Å². The molecule has 14 heavy (non-hydrogen) atoms. The molecule has 0 aliphatic carbocycles. The summed E-state index contributed by atoms with van der Waals surface area (Å²) in [6.07, 6.45) is 3.18. The van der Waals surface area contributed by atoms with E-state index in [0.717, 1.165) is 19.1 Å². The molecule has 1 rings (SSSR count). The van der Waals surface area contributed by atoms with Gasteiger partial charge in [0.25, 0.3) is 5.79 Å². The van der Waals surface area contributed by atoms with Crippen LogP contribution in [0.1, 0.15) is 32.6 Å². The van der Waals surface area contributed by atoms with E-state index in [1.165, 1.54) is 6.92 Å². The lowest BCUT2D eigenvalue weighted by Crippen LogP contribution is -2.23. The van der Waals surface area contributed by atoms with E-state index < -0.39 is 12.1 Å². The topological polar surface area (TPSA) is 68.5 Å². The maximum atomic E-state index is 10.0. The van der Waals surface area contributed by atoms with Gasteiger partial charge in [0, 0.05) is 19.8 Å². The van der Waals surface area contributed by atoms with Crippen LogP contribution in [0.5, 0.6) is 0 Å². The summed E-state index contributed by atoms with van der Waals surface area (Å²) in [6, 6.07) is 1.85. The average Bonchev–Trinajstić information content (AvgIpc) is 2.56. The van der Waals surface area contributed by atoms with Gasteiger partial charge in [-0.1, -0.05) is 0 Å². The van der Waals surface area contributed by atoms with Gasteiger partial charge < -0.3 is 9.53 Å². The first-order valence-corrected chi connectivity index (χ1v) is 4.57. The minimum absolute atomic E-state index is 0.494. The van der Waals surface area contributed by atoms with Gasteiger partial charge in [-0.3, -0.25) is 0 Å². The molecule has 0 saturated carbocycles. The smallest absolute Gasteiger partial charge is 0.288 e. The molecule has 1 fully saturated rings. The first kappa shape index (κ1) is 11.1. The highest BCUT2D eigenvalue weighted by atomic mass is 17.3. The monoisotopic (exact) mass is 199 g/mol. The molecule has 0 aromatic carbocycles. The summed E-state index contributed by atoms with van der Waals surface area (Å²) in [5.74, 6) is -1.28. The lowest BCUT2D eigenvalue weighted by Gasteiger charge is -2.09. The van der Waals surface area contributed by atoms with Crippen molar-refractivity contribution in [2.45, 2.75) is 44.7 Å². The number of nitriles is 1. The molecule has 0 aromatic heterocycles. The van der Waals surface area contributed by atoms with Crippen LogP contribution >= 0.6 is 0 Å². The molecule has 1 heterocycles. The van der Waals surface area contributed by atoms with Crippen LogP contribution in [0.25, 0.3) is 0 Å². The van der Waals surface area contributed by atoms with Gasteiger partial charge in [0.2, 0.25) is 0 Å². The third-order valence-electron chi connectivity index (χ3n) is 1.89. The van der Waals surface area contributed by atoms with Gasteiger partial charge in [0.1, 0.15) is 12.4 Å². The van der Waals surface area contributed by atoms with Crippen molar-refractivity contribution >= 4 is 6.29 Å². The highest BCUT2D eigenvalue weighted by Gasteiger charge is 2.39. The second kappa shape index (κ2) is 5.05. The summed E-state index contributed by atoms with van der Waals surface area (Å²) in [7, 11) is 0. The molecule has 0 unspecified atom stereocenters. The molecule has 0 amide bonds. The van der Waals surface area contributed by atoms with E-state index in [9.17, 15) is 4.79 Å². The minimum Gasteiger partial charge on any atom is -0.303 e. The Balaban J connectivity index is 2.17. The molecular weight excluding hydrogens is 186 g/mol. The lowest BCUT2D eigenvalue weighted by atomic mass is 10.2. The van der Waals surface area contributed by atoms with Crippen molar-refractivity contribution in [3.63, 3.8) is 0 Å². The van der Waals surface area contributed by atoms with Gasteiger partial charge in [-0.05, 0) is 12.8 Å². The molecule has 1 aliphatic rings. The lowest BCUT2D eigenvalue weighted by molar-refractivity contribution is -0.311. The maximum absolute atomic E-state index is 10.0. The molecule has 78 valence electrons. The van der Waals surface area contributed by atoms with Crippen LogP contribution in [0.4, 0.5) is 0 Å². The predicted octanol–water partition coefficient (Wildman–Crippen LogP) is 1.29. The van der Waals surface area contributed by atoms with Crippen LogP contribution < -0.4 is 0 Å². The van der Waals surface area contributed by atoms with Crippen molar-refractivity contribution in [2.75, 3.05) is 0 Å². The van der Waals surface area contributed by atoms with Gasteiger partial charge >= 0.3 is 0 Å². The van der Waals surface area contributed by atoms with Gasteiger partial charge in [0.15, 0.2) is 6.29 Å². The summed E-state index contributed by atoms with van der Waals surface area (Å²) in [5.41, 5.74) is 0. The second-order valence-corrected chi connectivity index (χ2v) is 3.24. The molecule has 0 spiro atoms. The standard InChI is InChI=1S/C9H13NO4/c1-9(7-10)12-8(13-14-9)5-3-2-4-6-11/h6,8H,2-5H2,1H3/t8-,9-/m0/s1. The zero-order valence-electron chi connectivity index (χ0n) is 8.06. The third-order valence-corrected chi connectivity index (χ3v) is 1.89. The Bertz CT molecular complexity index is 237. The number of hydrogen-bond donors (Lipinski definition) is 0. The van der Waals surface area contributed by atoms with Crippen LogP contribution in [0, 0.1) is 11.3 Å². The molecule has 5 heteroatoms. The summed E-state index contributed by atoms with van der Waals surface area (Å²) < 4.78 is 5.18. The third kappa shape index (κ3) is 3.07. The Morgan fingerprint density at radius 3 is 2.93 bits per heavy atom. The summed E-state index contributed by atoms with van der Waals surface area (Å²) in [6.45, 7) is 1.50. The fourth-order valence-electron chi connectivity index (χ4n) is 1.13. The molecule has 2 atom stereocenters. The second-order valence-electron chi connectivity index (χ2n) is 3.24. The van der Waals surface area contributed by atoms with Gasteiger partial charge in [-0.2, -0.15) is 10.1 Å². The minimum atomic E-state index is -1.28. The van der Waals surface area contributed by atoms with E-state index in [2.05, 4.69) is 0 Å². The van der Waals surface area contributed by atoms with Crippen LogP contribution in [0.15, 0.2) is 0 Å². The van der Waals surface area contributed by atoms with Crippen molar-refractivity contribution in [3.8, 4) is 6.07 Å². The molecule has 1 aliphatic heterocycles. The number of carbonyl (C=O) groups is 1. The molecular formula is C9H13NO4. The molecule has 0 radical (unpaired) electrons. The number of nitrogens with zero attached hydrogens (tertiary/aromatic N) is 1. The van der Waals surface area contributed by atoms with E-state index in [4.69, 9.17) is 19.8 Å². The Morgan fingerprint density at radius 2 is 2.36 bits per heavy atom. The van der Waals surface area contributed by atoms with Gasteiger partial charge in [-0.15, -0.1) is 0 Å². The van der Waals surface area contributed by atoms with E-state index in [1.807, 2.05) is 6.07 Å². The Hall–Kier alpha value is -0.960. The Kier molecular flexibility index (Phi) is 4.01. The quantitative estimate of drug-likeness (QED) is 0.379. The molecule has 0 aromatic rings. The number of unbranched alkanes of at least 4 members (excludes halogenated alkanes) is 2. The van der Waals surface area contributed by atoms with Gasteiger partial charge in [0.05, 0.1) is 0 Å². The summed E-state index contributed by atoms with van der Waals surface area (Å²) in [5, 5.41) is 8.63. The van der Waals surface area contributed by atoms with Crippen LogP contribution in [-0.4, -0.2) is 18.4 Å². The van der Waals surface area contributed by atoms with Gasteiger partial charge in [-0.25, -0.2) is 4.89 Å². The van der Waals surface area contributed by atoms with E-state index in [0.29, 0.717) is 12.8 Å². The molecule has 0 N–H and O–H groups in total. The van der Waals surface area contributed by atoms with E-state index >= 15 is 0 Å². The zero-order chi connectivity index (χ0) is 10.4. The highest BCUT2D eigenvalue weighted by Crippen LogP contribution is 2.26. The van der Waals surface area contributed by atoms with Crippen LogP contribution in [0.3, 0.4) is 0 Å². The molecule has 5 nitrogen and oxygen atoms in total. The fourth-order valence-corrected chi connectivity index (χ4v) is 1.13. The van der Waals surface area contributed by atoms with E-state index in [-0.39, 0.29) is 0 Å². The Labute approximate surface area is 82.5 Å². The summed E-state index contributed by atoms with van der Waals surface area (Å²) >= 11 is 0. The molecule has 1 saturated heterocycles. The number of ether oxygens (including phenoxy) is 1. The van der Waals surface area contributed by atoms with Crippen molar-refractivity contribution < 1.29 is 19.3 Å². The highest BCUT2D eigenvalue weighted by molar-refractivity contribution is 5.48. The number of rotatable bonds is 5. The normalized spacial score (nSPS) is 31.3. The maximum Gasteiger partial charge on any atom is 0.288 e. The molecule has 0 bridgehead atoms. The number of carbonyl (C=O) groups excluding carboxylic acids is 1. The SMILES string of the molecule is C[C@@]1(C#N)OO[C@@H](CCCCC=O)O1. The Morgan fingerprint density at radius 1 is 1.57 bits per heavy atom. The van der Waals surface area contributed by atoms with Crippen molar-refractivity contribution in [3.05, 3.63) is 0 Å². The van der Waals surface area contributed by atoms with Crippen LogP contribution in [0.2, 0.25) is 0 Å². The van der Waals surface area contributed by atoms with Crippen molar-refractivity contribution in [2.24, 2.45) is 0 Å². The first-order chi connectivity index (χ1) is 6.70. The number of aldehydes is 1. The predicted molar refractivity (Wildman–Crippen MR) is 45.6 cm³/mol. The van der Waals surface area contributed by atoms with Crippen molar-refractivity contribution in [1.82, 2.24) is 0 Å². The fraction of sp³-hybridized carbons (Fsp3) is 0.778. The van der Waals surface area contributed by atoms with Crippen molar-refractivity contribution in [1.29, 1.82) is 5.26 Å². The first-order valence-electron chi connectivity index (χ1n) is 4.57. The average molecular weight is 199 g/mol.